The lowest BCUT2D eigenvalue weighted by Gasteiger charge is -2.21. The number of hydrogen-bond acceptors (Lipinski definition) is 3. The highest BCUT2D eigenvalue weighted by Crippen LogP contribution is 2.30. The normalized spacial score (nSPS) is 10.8. The van der Waals surface area contributed by atoms with Crippen molar-refractivity contribution in [2.24, 2.45) is 0 Å². The topological polar surface area (TPSA) is 42.1 Å². The molecule has 2 aromatic rings. The molecule has 0 bridgehead atoms. The van der Waals surface area contributed by atoms with E-state index >= 15 is 0 Å². The van der Waals surface area contributed by atoms with Gasteiger partial charge in [-0.1, -0.05) is 13.3 Å². The SMILES string of the molecule is CCCCN(C)c1ccc(N)c2cnc(C)cc12. The van der Waals surface area contributed by atoms with Crippen LogP contribution in [0.5, 0.6) is 0 Å². The van der Waals surface area contributed by atoms with Gasteiger partial charge in [0.25, 0.3) is 0 Å². The summed E-state index contributed by atoms with van der Waals surface area (Å²) in [6.45, 7) is 5.29. The zero-order valence-electron chi connectivity index (χ0n) is 11.4. The third kappa shape index (κ3) is 2.40. The Labute approximate surface area is 109 Å². The van der Waals surface area contributed by atoms with Crippen LogP contribution in [-0.2, 0) is 0 Å². The van der Waals surface area contributed by atoms with Gasteiger partial charge >= 0.3 is 0 Å². The molecule has 2 rings (SSSR count). The van der Waals surface area contributed by atoms with Crippen LogP contribution >= 0.6 is 0 Å². The third-order valence-electron chi connectivity index (χ3n) is 3.31. The fourth-order valence-electron chi connectivity index (χ4n) is 2.20. The van der Waals surface area contributed by atoms with Gasteiger partial charge < -0.3 is 10.6 Å². The van der Waals surface area contributed by atoms with E-state index in [4.69, 9.17) is 5.73 Å². The monoisotopic (exact) mass is 243 g/mol. The van der Waals surface area contributed by atoms with Gasteiger partial charge in [-0.2, -0.15) is 0 Å². The number of nitrogen functional groups attached to an aromatic ring is 1. The first-order chi connectivity index (χ1) is 8.63. The summed E-state index contributed by atoms with van der Waals surface area (Å²) in [4.78, 5) is 6.63. The van der Waals surface area contributed by atoms with Crippen LogP contribution in [0.25, 0.3) is 10.8 Å². The highest BCUT2D eigenvalue weighted by atomic mass is 15.1. The first-order valence-corrected chi connectivity index (χ1v) is 6.49. The average molecular weight is 243 g/mol. The maximum atomic E-state index is 6.02. The first-order valence-electron chi connectivity index (χ1n) is 6.49. The van der Waals surface area contributed by atoms with E-state index in [1.165, 1.54) is 23.9 Å². The van der Waals surface area contributed by atoms with Gasteiger partial charge in [0.05, 0.1) is 0 Å². The van der Waals surface area contributed by atoms with Crippen LogP contribution in [0.4, 0.5) is 11.4 Å². The fourth-order valence-corrected chi connectivity index (χ4v) is 2.20. The Morgan fingerprint density at radius 3 is 2.78 bits per heavy atom. The van der Waals surface area contributed by atoms with E-state index in [-0.39, 0.29) is 0 Å². The molecule has 0 aliphatic rings. The van der Waals surface area contributed by atoms with Crippen LogP contribution in [0.1, 0.15) is 25.5 Å². The summed E-state index contributed by atoms with van der Waals surface area (Å²) in [7, 11) is 2.14. The zero-order valence-corrected chi connectivity index (χ0v) is 11.4. The van der Waals surface area contributed by atoms with Crippen LogP contribution < -0.4 is 10.6 Å². The Hall–Kier alpha value is -1.77. The van der Waals surface area contributed by atoms with E-state index in [0.29, 0.717) is 0 Å². The fraction of sp³-hybridized carbons (Fsp3) is 0.400. The minimum atomic E-state index is 0.796. The lowest BCUT2D eigenvalue weighted by atomic mass is 10.1. The second-order valence-electron chi connectivity index (χ2n) is 4.82. The molecule has 0 aliphatic heterocycles. The van der Waals surface area contributed by atoms with Crippen LogP contribution in [0.2, 0.25) is 0 Å². The van der Waals surface area contributed by atoms with Gasteiger partial charge in [-0.25, -0.2) is 0 Å². The Bertz CT molecular complexity index is 549. The predicted octanol–water partition coefficient (Wildman–Crippen LogP) is 3.36. The van der Waals surface area contributed by atoms with Crippen LogP contribution in [0, 0.1) is 6.92 Å². The number of fused-ring (bicyclic) bond motifs is 1. The van der Waals surface area contributed by atoms with E-state index in [1.807, 2.05) is 19.2 Å². The molecule has 0 radical (unpaired) electrons. The minimum Gasteiger partial charge on any atom is -0.398 e. The smallest absolute Gasteiger partial charge is 0.0446 e. The molecule has 3 nitrogen and oxygen atoms in total. The number of aromatic nitrogens is 1. The number of pyridine rings is 1. The molecule has 96 valence electrons. The number of benzene rings is 1. The molecule has 0 saturated heterocycles. The second-order valence-corrected chi connectivity index (χ2v) is 4.82. The highest BCUT2D eigenvalue weighted by molar-refractivity contribution is 6.01. The van der Waals surface area contributed by atoms with Crippen molar-refractivity contribution in [1.29, 1.82) is 0 Å². The number of nitrogens with zero attached hydrogens (tertiary/aromatic N) is 2. The molecule has 0 amide bonds. The molecular formula is C15H21N3. The van der Waals surface area contributed by atoms with Crippen molar-refractivity contribution in [2.75, 3.05) is 24.2 Å². The highest BCUT2D eigenvalue weighted by Gasteiger charge is 2.08. The van der Waals surface area contributed by atoms with Gasteiger partial charge in [-0.15, -0.1) is 0 Å². The maximum Gasteiger partial charge on any atom is 0.0446 e. The van der Waals surface area contributed by atoms with Crippen molar-refractivity contribution in [3.8, 4) is 0 Å². The molecule has 1 heterocycles. The second kappa shape index (κ2) is 5.25. The van der Waals surface area contributed by atoms with Crippen LogP contribution in [0.3, 0.4) is 0 Å². The molecule has 0 spiro atoms. The number of unbranched alkanes of at least 4 members (excludes halogenated alkanes) is 1. The average Bonchev–Trinajstić information content (AvgIpc) is 2.36. The maximum absolute atomic E-state index is 6.02. The van der Waals surface area contributed by atoms with E-state index in [0.717, 1.165) is 23.3 Å². The van der Waals surface area contributed by atoms with Crippen molar-refractivity contribution >= 4 is 22.1 Å². The number of anilines is 2. The summed E-state index contributed by atoms with van der Waals surface area (Å²) >= 11 is 0. The van der Waals surface area contributed by atoms with Gasteiger partial charge in [0.1, 0.15) is 0 Å². The molecule has 1 aromatic carbocycles. The number of nitrogens with two attached hydrogens (primary N) is 1. The van der Waals surface area contributed by atoms with Crippen molar-refractivity contribution in [3.63, 3.8) is 0 Å². The molecule has 3 heteroatoms. The van der Waals surface area contributed by atoms with Gasteiger partial charge in [0, 0.05) is 47.6 Å². The van der Waals surface area contributed by atoms with E-state index in [9.17, 15) is 0 Å². The summed E-state index contributed by atoms with van der Waals surface area (Å²) in [6, 6.07) is 6.19. The minimum absolute atomic E-state index is 0.796. The number of aryl methyl sites for hydroxylation is 1. The van der Waals surface area contributed by atoms with Crippen molar-refractivity contribution in [2.45, 2.75) is 26.7 Å². The van der Waals surface area contributed by atoms with Crippen molar-refractivity contribution in [1.82, 2.24) is 4.98 Å². The van der Waals surface area contributed by atoms with Gasteiger partial charge in [-0.3, -0.25) is 4.98 Å². The van der Waals surface area contributed by atoms with E-state index in [1.54, 1.807) is 0 Å². The van der Waals surface area contributed by atoms with Gasteiger partial charge in [-0.05, 0) is 31.5 Å². The third-order valence-corrected chi connectivity index (χ3v) is 3.31. The van der Waals surface area contributed by atoms with Gasteiger partial charge in [0.2, 0.25) is 0 Å². The summed E-state index contributed by atoms with van der Waals surface area (Å²) in [6.07, 6.45) is 4.28. The van der Waals surface area contributed by atoms with Crippen molar-refractivity contribution < 1.29 is 0 Å². The molecular weight excluding hydrogens is 222 g/mol. The summed E-state index contributed by atoms with van der Waals surface area (Å²) in [5.41, 5.74) is 9.07. The van der Waals surface area contributed by atoms with Crippen LogP contribution in [-0.4, -0.2) is 18.6 Å². The standard InChI is InChI=1S/C15H21N3/c1-4-5-8-18(3)15-7-6-14(16)13-10-17-11(2)9-12(13)15/h6-7,9-10H,4-5,8,16H2,1-3H3. The Morgan fingerprint density at radius 1 is 1.28 bits per heavy atom. The van der Waals surface area contributed by atoms with E-state index < -0.39 is 0 Å². The van der Waals surface area contributed by atoms with Gasteiger partial charge in [0.15, 0.2) is 0 Å². The molecule has 0 unspecified atom stereocenters. The molecule has 2 N–H and O–H groups in total. The number of rotatable bonds is 4. The summed E-state index contributed by atoms with van der Waals surface area (Å²) in [5.74, 6) is 0. The molecule has 0 saturated carbocycles. The Kier molecular flexibility index (Phi) is 3.70. The lowest BCUT2D eigenvalue weighted by Crippen LogP contribution is -2.18. The summed E-state index contributed by atoms with van der Waals surface area (Å²) in [5, 5.41) is 2.24. The molecule has 0 fully saturated rings. The molecule has 0 aliphatic carbocycles. The molecule has 18 heavy (non-hydrogen) atoms. The predicted molar refractivity (Wildman–Crippen MR) is 79.1 cm³/mol. The first kappa shape index (κ1) is 12.7. The zero-order chi connectivity index (χ0) is 13.1. The largest absolute Gasteiger partial charge is 0.398 e. The quantitative estimate of drug-likeness (QED) is 0.837. The molecule has 0 atom stereocenters. The van der Waals surface area contributed by atoms with Crippen LogP contribution in [0.15, 0.2) is 24.4 Å². The Balaban J connectivity index is 2.50. The Morgan fingerprint density at radius 2 is 2.06 bits per heavy atom. The lowest BCUT2D eigenvalue weighted by molar-refractivity contribution is 0.768. The number of hydrogen-bond donors (Lipinski definition) is 1. The van der Waals surface area contributed by atoms with E-state index in [2.05, 4.69) is 36.0 Å². The van der Waals surface area contributed by atoms with Crippen molar-refractivity contribution in [3.05, 3.63) is 30.1 Å². The molecule has 1 aromatic heterocycles. The summed E-state index contributed by atoms with van der Waals surface area (Å²) < 4.78 is 0.